The van der Waals surface area contributed by atoms with Gasteiger partial charge in [-0.2, -0.15) is 5.10 Å². The first-order chi connectivity index (χ1) is 6.66. The molecule has 4 nitrogen and oxygen atoms in total. The molecule has 0 bridgehead atoms. The molecule has 0 amide bonds. The van der Waals surface area contributed by atoms with E-state index in [1.54, 1.807) is 10.9 Å². The van der Waals surface area contributed by atoms with Crippen LogP contribution in [0.1, 0.15) is 32.0 Å². The molecule has 0 aliphatic rings. The lowest BCUT2D eigenvalue weighted by atomic mass is 10.1. The first kappa shape index (κ1) is 12.9. The highest BCUT2D eigenvalue weighted by Crippen LogP contribution is 2.15. The molecule has 1 aromatic heterocycles. The van der Waals surface area contributed by atoms with Crippen LogP contribution in [0.25, 0.3) is 5.57 Å². The largest absolute Gasteiger partial charge is 0.271 e. The van der Waals surface area contributed by atoms with Crippen LogP contribution >= 0.6 is 0 Å². The minimum Gasteiger partial charge on any atom is -0.271 e. The normalized spacial score (nSPS) is 9.21. The van der Waals surface area contributed by atoms with E-state index in [2.05, 4.69) is 17.1 Å². The second-order valence-corrected chi connectivity index (χ2v) is 2.79. The van der Waals surface area contributed by atoms with Gasteiger partial charge in [-0.05, 0) is 12.5 Å². The van der Waals surface area contributed by atoms with Crippen molar-refractivity contribution in [2.75, 3.05) is 0 Å². The van der Waals surface area contributed by atoms with Gasteiger partial charge in [-0.15, -0.1) is 0 Å². The Morgan fingerprint density at radius 2 is 2.21 bits per heavy atom. The number of nitrogens with zero attached hydrogens (tertiary/aromatic N) is 2. The van der Waals surface area contributed by atoms with E-state index in [4.69, 9.17) is 5.84 Å². The number of nitrogens with two attached hydrogens (primary N) is 1. The van der Waals surface area contributed by atoms with Crippen LogP contribution in [0.3, 0.4) is 0 Å². The summed E-state index contributed by atoms with van der Waals surface area (Å²) < 4.78 is 1.80. The predicted octanol–water partition coefficient (Wildman–Crippen LogP) is 1.44. The number of hydrogen-bond acceptors (Lipinski definition) is 3. The fourth-order valence-electron chi connectivity index (χ4n) is 1.13. The topological polar surface area (TPSA) is 55.9 Å². The smallest absolute Gasteiger partial charge is 0.0607 e. The van der Waals surface area contributed by atoms with Crippen LogP contribution in [0.2, 0.25) is 0 Å². The highest BCUT2D eigenvalue weighted by atomic mass is 15.3. The van der Waals surface area contributed by atoms with Crippen LogP contribution in [0.5, 0.6) is 0 Å². The van der Waals surface area contributed by atoms with Crippen molar-refractivity contribution in [3.63, 3.8) is 0 Å². The molecule has 0 saturated heterocycles. The molecule has 0 fully saturated rings. The van der Waals surface area contributed by atoms with Gasteiger partial charge in [0.15, 0.2) is 0 Å². The highest BCUT2D eigenvalue weighted by Gasteiger charge is 2.06. The SMILES string of the molecule is C=C(C)c1cnn(C)c1CNN.CC. The van der Waals surface area contributed by atoms with Gasteiger partial charge < -0.3 is 0 Å². The molecule has 3 N–H and O–H groups in total. The Balaban J connectivity index is 0.000000791. The lowest BCUT2D eigenvalue weighted by Gasteiger charge is -2.03. The van der Waals surface area contributed by atoms with Gasteiger partial charge in [-0.25, -0.2) is 0 Å². The van der Waals surface area contributed by atoms with Gasteiger partial charge in [0.25, 0.3) is 0 Å². The maximum absolute atomic E-state index is 5.24. The third-order valence-corrected chi connectivity index (χ3v) is 1.79. The Bertz CT molecular complexity index is 288. The number of aryl methyl sites for hydroxylation is 1. The molecule has 4 heteroatoms. The van der Waals surface area contributed by atoms with Gasteiger partial charge >= 0.3 is 0 Å². The van der Waals surface area contributed by atoms with Gasteiger partial charge in [-0.3, -0.25) is 16.0 Å². The minimum atomic E-state index is 0.610. The zero-order valence-electron chi connectivity index (χ0n) is 9.46. The van der Waals surface area contributed by atoms with Crippen molar-refractivity contribution in [3.8, 4) is 0 Å². The number of rotatable bonds is 3. The third kappa shape index (κ3) is 2.97. The molecule has 0 unspecified atom stereocenters. The van der Waals surface area contributed by atoms with Gasteiger partial charge in [-0.1, -0.05) is 20.4 Å². The summed E-state index contributed by atoms with van der Waals surface area (Å²) >= 11 is 0. The standard InChI is InChI=1S/C8H14N4.C2H6/c1-6(2)7-4-11-12(3)8(7)5-10-9;1-2/h4,10H,1,5,9H2,2-3H3;1-2H3. The highest BCUT2D eigenvalue weighted by molar-refractivity contribution is 5.62. The molecule has 0 aliphatic heterocycles. The van der Waals surface area contributed by atoms with E-state index in [1.807, 2.05) is 27.8 Å². The molecule has 1 heterocycles. The molecule has 0 aromatic carbocycles. The number of hydrogen-bond donors (Lipinski definition) is 2. The number of allylic oxidation sites excluding steroid dienone is 1. The predicted molar refractivity (Wildman–Crippen MR) is 60.3 cm³/mol. The maximum Gasteiger partial charge on any atom is 0.0607 e. The lowest BCUT2D eigenvalue weighted by Crippen LogP contribution is -2.23. The monoisotopic (exact) mass is 196 g/mol. The quantitative estimate of drug-likeness (QED) is 0.568. The van der Waals surface area contributed by atoms with E-state index in [-0.39, 0.29) is 0 Å². The number of nitrogens with one attached hydrogen (secondary N) is 1. The fraction of sp³-hybridized carbons (Fsp3) is 0.500. The molecule has 0 radical (unpaired) electrons. The number of hydrazine groups is 1. The molecular weight excluding hydrogens is 176 g/mol. The summed E-state index contributed by atoms with van der Waals surface area (Å²) in [6.45, 7) is 10.4. The Hall–Kier alpha value is -1.13. The molecule has 0 spiro atoms. The van der Waals surface area contributed by atoms with Crippen molar-refractivity contribution in [2.45, 2.75) is 27.3 Å². The Morgan fingerprint density at radius 3 is 2.64 bits per heavy atom. The lowest BCUT2D eigenvalue weighted by molar-refractivity contribution is 0.645. The zero-order chi connectivity index (χ0) is 11.1. The van der Waals surface area contributed by atoms with Crippen LogP contribution < -0.4 is 11.3 Å². The third-order valence-electron chi connectivity index (χ3n) is 1.79. The van der Waals surface area contributed by atoms with Crippen molar-refractivity contribution in [3.05, 3.63) is 24.0 Å². The second-order valence-electron chi connectivity index (χ2n) is 2.79. The van der Waals surface area contributed by atoms with Gasteiger partial charge in [0.2, 0.25) is 0 Å². The summed E-state index contributed by atoms with van der Waals surface area (Å²) in [5.74, 6) is 5.24. The Kier molecular flexibility index (Phi) is 5.83. The van der Waals surface area contributed by atoms with Crippen molar-refractivity contribution in [1.29, 1.82) is 0 Å². The van der Waals surface area contributed by atoms with Crippen molar-refractivity contribution in [1.82, 2.24) is 15.2 Å². The summed E-state index contributed by atoms with van der Waals surface area (Å²) in [6, 6.07) is 0. The summed E-state index contributed by atoms with van der Waals surface area (Å²) in [5.41, 5.74) is 5.74. The van der Waals surface area contributed by atoms with Gasteiger partial charge in [0.1, 0.15) is 0 Å². The summed E-state index contributed by atoms with van der Waals surface area (Å²) in [5, 5.41) is 4.12. The van der Waals surface area contributed by atoms with E-state index in [1.165, 1.54) is 0 Å². The van der Waals surface area contributed by atoms with Crippen molar-refractivity contribution < 1.29 is 0 Å². The molecule has 80 valence electrons. The Labute approximate surface area is 85.8 Å². The fourth-order valence-corrected chi connectivity index (χ4v) is 1.13. The van der Waals surface area contributed by atoms with E-state index in [0.717, 1.165) is 16.8 Å². The average Bonchev–Trinajstić information content (AvgIpc) is 2.52. The molecular formula is C10H20N4. The molecule has 0 atom stereocenters. The van der Waals surface area contributed by atoms with Crippen LogP contribution in [-0.2, 0) is 13.6 Å². The van der Waals surface area contributed by atoms with E-state index in [9.17, 15) is 0 Å². The van der Waals surface area contributed by atoms with E-state index < -0.39 is 0 Å². The van der Waals surface area contributed by atoms with Crippen LogP contribution in [-0.4, -0.2) is 9.78 Å². The first-order valence-corrected chi connectivity index (χ1v) is 4.77. The average molecular weight is 196 g/mol. The molecule has 14 heavy (non-hydrogen) atoms. The molecule has 1 aromatic rings. The second kappa shape index (κ2) is 6.34. The van der Waals surface area contributed by atoms with Crippen molar-refractivity contribution in [2.24, 2.45) is 12.9 Å². The zero-order valence-corrected chi connectivity index (χ0v) is 9.46. The summed E-state index contributed by atoms with van der Waals surface area (Å²) in [4.78, 5) is 0. The molecule has 0 aliphatic carbocycles. The van der Waals surface area contributed by atoms with Crippen LogP contribution in [0.4, 0.5) is 0 Å². The van der Waals surface area contributed by atoms with E-state index >= 15 is 0 Å². The molecule has 0 saturated carbocycles. The maximum atomic E-state index is 5.24. The van der Waals surface area contributed by atoms with Crippen LogP contribution in [0, 0.1) is 0 Å². The molecule has 1 rings (SSSR count). The van der Waals surface area contributed by atoms with Gasteiger partial charge in [0, 0.05) is 12.6 Å². The Morgan fingerprint density at radius 1 is 1.64 bits per heavy atom. The minimum absolute atomic E-state index is 0.610. The van der Waals surface area contributed by atoms with Gasteiger partial charge in [0.05, 0.1) is 18.4 Å². The van der Waals surface area contributed by atoms with Crippen molar-refractivity contribution >= 4 is 5.57 Å². The summed E-state index contributed by atoms with van der Waals surface area (Å²) in [6.07, 6.45) is 1.80. The first-order valence-electron chi connectivity index (χ1n) is 4.77. The van der Waals surface area contributed by atoms with Crippen LogP contribution in [0.15, 0.2) is 12.8 Å². The number of aromatic nitrogens is 2. The summed E-state index contributed by atoms with van der Waals surface area (Å²) in [7, 11) is 1.89. The van der Waals surface area contributed by atoms with E-state index in [0.29, 0.717) is 6.54 Å².